The molecule has 5 rings (SSSR count). The standard InChI is InChI=1S/C26H33FN6O4S2/c1-16-15-37-13-12-33(16)22-14-21(26(8-9-26)39(35,36)25-29-17(2)18(3)38-25)31-23(32-22)19-4-6-20(7-5-19)30-24(34)28-11-10-27/h4-7,14,16,35-36H,8-13,15H2,1-3H3,(H2,28,30,34)/t16-/m0/s1. The predicted molar refractivity (Wildman–Crippen MR) is 152 cm³/mol. The van der Waals surface area contributed by atoms with E-state index in [1.165, 1.54) is 11.3 Å². The van der Waals surface area contributed by atoms with Gasteiger partial charge >= 0.3 is 6.03 Å². The number of thiazole rings is 1. The van der Waals surface area contributed by atoms with Gasteiger partial charge in [0.2, 0.25) is 4.34 Å². The minimum Gasteiger partial charge on any atom is -0.377 e. The zero-order valence-corrected chi connectivity index (χ0v) is 23.7. The molecule has 13 heteroatoms. The number of hydrogen-bond donors (Lipinski definition) is 4. The van der Waals surface area contributed by atoms with Gasteiger partial charge in [-0.3, -0.25) is 9.11 Å². The molecule has 0 radical (unpaired) electrons. The van der Waals surface area contributed by atoms with Crippen LogP contribution in [0.2, 0.25) is 0 Å². The van der Waals surface area contributed by atoms with Gasteiger partial charge in [-0.2, -0.15) is 0 Å². The number of halogens is 1. The number of benzene rings is 1. The van der Waals surface area contributed by atoms with Crippen molar-refractivity contribution in [1.82, 2.24) is 20.3 Å². The number of hydrogen-bond acceptors (Lipinski definition) is 9. The summed E-state index contributed by atoms with van der Waals surface area (Å²) >= 11 is 1.32. The lowest BCUT2D eigenvalue weighted by atomic mass is 10.1. The summed E-state index contributed by atoms with van der Waals surface area (Å²) in [5, 5.41) is 5.09. The van der Waals surface area contributed by atoms with Crippen LogP contribution in [0, 0.1) is 13.8 Å². The van der Waals surface area contributed by atoms with E-state index < -0.39 is 28.0 Å². The minimum atomic E-state index is -3.28. The molecule has 3 heterocycles. The molecule has 1 aliphatic carbocycles. The van der Waals surface area contributed by atoms with E-state index in [4.69, 9.17) is 14.7 Å². The summed E-state index contributed by atoms with van der Waals surface area (Å²) in [6, 6.07) is 8.51. The van der Waals surface area contributed by atoms with Gasteiger partial charge < -0.3 is 20.3 Å². The second-order valence-electron chi connectivity index (χ2n) is 9.86. The molecule has 1 atom stereocenters. The normalized spacial score (nSPS) is 19.0. The summed E-state index contributed by atoms with van der Waals surface area (Å²) < 4.78 is 40.5. The molecule has 1 aromatic carbocycles. The predicted octanol–water partition coefficient (Wildman–Crippen LogP) is 5.33. The number of carbonyl (C=O) groups excluding carboxylic acids is 1. The van der Waals surface area contributed by atoms with Crippen molar-refractivity contribution in [3.05, 3.63) is 46.6 Å². The first-order valence-corrected chi connectivity index (χ1v) is 15.2. The van der Waals surface area contributed by atoms with Crippen molar-refractivity contribution in [1.29, 1.82) is 0 Å². The van der Waals surface area contributed by atoms with Gasteiger partial charge in [-0.15, -0.1) is 21.9 Å². The molecule has 4 N–H and O–H groups in total. The van der Waals surface area contributed by atoms with E-state index >= 15 is 0 Å². The number of morpholine rings is 1. The highest BCUT2D eigenvalue weighted by Crippen LogP contribution is 2.75. The van der Waals surface area contributed by atoms with Crippen LogP contribution in [-0.2, 0) is 9.48 Å². The Morgan fingerprint density at radius 2 is 1.97 bits per heavy atom. The number of rotatable bonds is 8. The highest BCUT2D eigenvalue weighted by molar-refractivity contribution is 8.26. The number of aryl methyl sites for hydroxylation is 2. The number of carbonyl (C=O) groups is 1. The number of urea groups is 1. The van der Waals surface area contributed by atoms with Crippen LogP contribution in [0.1, 0.15) is 36.0 Å². The summed E-state index contributed by atoms with van der Waals surface area (Å²) in [6.45, 7) is 6.95. The smallest absolute Gasteiger partial charge is 0.319 e. The minimum absolute atomic E-state index is 0.0611. The fourth-order valence-electron chi connectivity index (χ4n) is 4.58. The van der Waals surface area contributed by atoms with Crippen molar-refractivity contribution in [3.63, 3.8) is 0 Å². The van der Waals surface area contributed by atoms with Crippen LogP contribution in [0.3, 0.4) is 0 Å². The molecule has 3 aromatic rings. The van der Waals surface area contributed by atoms with Crippen LogP contribution in [-0.4, -0.2) is 69.1 Å². The van der Waals surface area contributed by atoms with Crippen molar-refractivity contribution < 1.29 is 23.0 Å². The second kappa shape index (κ2) is 11.0. The number of amides is 2. The molecule has 0 bridgehead atoms. The Kier molecular flexibility index (Phi) is 7.80. The number of nitrogens with zero attached hydrogens (tertiary/aromatic N) is 4. The summed E-state index contributed by atoms with van der Waals surface area (Å²) in [5.41, 5.74) is 2.63. The molecule has 10 nitrogen and oxygen atoms in total. The molecule has 1 saturated heterocycles. The second-order valence-corrected chi connectivity index (χ2v) is 13.6. The van der Waals surface area contributed by atoms with Crippen LogP contribution in [0.5, 0.6) is 0 Å². The van der Waals surface area contributed by atoms with Gasteiger partial charge in [-0.25, -0.2) is 24.1 Å². The molecular formula is C26H33FN6O4S2. The molecule has 2 aliphatic rings. The zero-order chi connectivity index (χ0) is 27.8. The van der Waals surface area contributed by atoms with Crippen molar-refractivity contribution in [2.24, 2.45) is 0 Å². The van der Waals surface area contributed by atoms with E-state index in [-0.39, 0.29) is 12.6 Å². The molecule has 2 aromatic heterocycles. The molecular weight excluding hydrogens is 543 g/mol. The van der Waals surface area contributed by atoms with Gasteiger partial charge in [0, 0.05) is 35.3 Å². The fourth-order valence-corrected chi connectivity index (χ4v) is 8.20. The monoisotopic (exact) mass is 576 g/mol. The Labute approximate surface area is 232 Å². The fraction of sp³-hybridized carbons (Fsp3) is 0.462. The Morgan fingerprint density at radius 1 is 1.23 bits per heavy atom. The van der Waals surface area contributed by atoms with Gasteiger partial charge in [-0.05, 0) is 57.9 Å². The average molecular weight is 577 g/mol. The van der Waals surface area contributed by atoms with Crippen molar-refractivity contribution in [2.75, 3.05) is 43.2 Å². The Morgan fingerprint density at radius 3 is 2.59 bits per heavy atom. The van der Waals surface area contributed by atoms with E-state index in [1.54, 1.807) is 24.3 Å². The molecule has 39 heavy (non-hydrogen) atoms. The van der Waals surface area contributed by atoms with Crippen LogP contribution in [0.15, 0.2) is 34.7 Å². The van der Waals surface area contributed by atoms with Gasteiger partial charge in [0.1, 0.15) is 17.2 Å². The number of anilines is 2. The Balaban J connectivity index is 1.52. The third-order valence-corrected chi connectivity index (χ3v) is 11.2. The third kappa shape index (κ3) is 5.46. The number of alkyl halides is 1. The molecule has 210 valence electrons. The highest BCUT2D eigenvalue weighted by atomic mass is 32.3. The van der Waals surface area contributed by atoms with Gasteiger partial charge in [-0.1, -0.05) is 0 Å². The average Bonchev–Trinajstić information content (AvgIpc) is 3.68. The Hall–Kier alpha value is -2.84. The lowest BCUT2D eigenvalue weighted by Gasteiger charge is -2.39. The molecule has 0 unspecified atom stereocenters. The molecule has 2 amide bonds. The molecule has 0 spiro atoms. The van der Waals surface area contributed by atoms with Gasteiger partial charge in [0.05, 0.1) is 30.6 Å². The first kappa shape index (κ1) is 27.7. The molecule has 1 aliphatic heterocycles. The van der Waals surface area contributed by atoms with Crippen molar-refractivity contribution in [2.45, 2.75) is 48.7 Å². The topological polar surface area (TPSA) is 133 Å². The van der Waals surface area contributed by atoms with Crippen LogP contribution in [0.4, 0.5) is 20.7 Å². The third-order valence-electron chi connectivity index (χ3n) is 7.12. The summed E-state index contributed by atoms with van der Waals surface area (Å²) in [5.74, 6) is 1.15. The Bertz CT molecular complexity index is 1330. The van der Waals surface area contributed by atoms with E-state index in [2.05, 4.69) is 27.4 Å². The van der Waals surface area contributed by atoms with Gasteiger partial charge in [0.25, 0.3) is 0 Å². The van der Waals surface area contributed by atoms with E-state index in [9.17, 15) is 18.3 Å². The first-order chi connectivity index (χ1) is 18.6. The quantitative estimate of drug-likeness (QED) is 0.283. The highest BCUT2D eigenvalue weighted by Gasteiger charge is 2.59. The molecule has 1 saturated carbocycles. The van der Waals surface area contributed by atoms with Crippen molar-refractivity contribution >= 4 is 39.5 Å². The first-order valence-electron chi connectivity index (χ1n) is 12.8. The lowest BCUT2D eigenvalue weighted by molar-refractivity contribution is 0.0985. The summed E-state index contributed by atoms with van der Waals surface area (Å²) in [6.07, 6.45) is 1.16. The maximum Gasteiger partial charge on any atom is 0.319 e. The van der Waals surface area contributed by atoms with Crippen LogP contribution >= 0.6 is 21.9 Å². The van der Waals surface area contributed by atoms with E-state index in [0.717, 1.165) is 10.6 Å². The maximum absolute atomic E-state index is 12.3. The number of nitrogens with one attached hydrogen (secondary N) is 2. The summed E-state index contributed by atoms with van der Waals surface area (Å²) in [4.78, 5) is 29.3. The molecule has 2 fully saturated rings. The number of aromatic nitrogens is 3. The zero-order valence-electron chi connectivity index (χ0n) is 22.1. The van der Waals surface area contributed by atoms with E-state index in [0.29, 0.717) is 65.5 Å². The maximum atomic E-state index is 12.3. The van der Waals surface area contributed by atoms with Crippen LogP contribution in [0.25, 0.3) is 11.4 Å². The lowest BCUT2D eigenvalue weighted by Crippen LogP contribution is -2.44. The van der Waals surface area contributed by atoms with Crippen LogP contribution < -0.4 is 15.5 Å². The SMILES string of the molecule is Cc1nc(S(O)(O)C2(c3cc(N4CCOC[C@@H]4C)nc(-c4ccc(NC(=O)NCCF)cc4)n3)CC2)sc1C. The van der Waals surface area contributed by atoms with Crippen molar-refractivity contribution in [3.8, 4) is 11.4 Å². The van der Waals surface area contributed by atoms with E-state index in [1.807, 2.05) is 19.9 Å². The van der Waals surface area contributed by atoms with Gasteiger partial charge in [0.15, 0.2) is 5.82 Å². The summed E-state index contributed by atoms with van der Waals surface area (Å²) in [7, 11) is -3.28. The number of ether oxygens (including phenoxy) is 1. The largest absolute Gasteiger partial charge is 0.377 e.